The second-order valence-electron chi connectivity index (χ2n) is 4.61. The van der Waals surface area contributed by atoms with E-state index in [4.69, 9.17) is 0 Å². The average Bonchev–Trinajstić information content (AvgIpc) is 3.06. The van der Waals surface area contributed by atoms with Crippen LogP contribution in [0.2, 0.25) is 0 Å². The number of aromatic nitrogens is 1. The molecule has 3 rings (SSSR count). The highest BCUT2D eigenvalue weighted by atomic mass is 32.1. The van der Waals surface area contributed by atoms with Crippen molar-refractivity contribution in [3.8, 4) is 0 Å². The normalized spacial score (nSPS) is 10.3. The molecule has 7 heteroatoms. The zero-order chi connectivity index (χ0) is 16.2. The van der Waals surface area contributed by atoms with Crippen LogP contribution in [0.25, 0.3) is 0 Å². The van der Waals surface area contributed by atoms with E-state index in [1.807, 2.05) is 5.38 Å². The van der Waals surface area contributed by atoms with Crippen molar-refractivity contribution in [3.63, 3.8) is 0 Å². The number of anilines is 3. The van der Waals surface area contributed by atoms with Gasteiger partial charge in [-0.2, -0.15) is 0 Å². The van der Waals surface area contributed by atoms with Gasteiger partial charge >= 0.3 is 0 Å². The average molecular weight is 331 g/mol. The quantitative estimate of drug-likeness (QED) is 0.744. The van der Waals surface area contributed by atoms with Crippen LogP contribution in [-0.4, -0.2) is 10.9 Å². The van der Waals surface area contributed by atoms with E-state index in [0.29, 0.717) is 16.4 Å². The van der Waals surface area contributed by atoms with Crippen LogP contribution in [0.5, 0.6) is 0 Å². The monoisotopic (exact) mass is 331 g/mol. The summed E-state index contributed by atoms with van der Waals surface area (Å²) < 4.78 is 26.4. The van der Waals surface area contributed by atoms with Crippen LogP contribution in [0.4, 0.5) is 26.0 Å². The molecule has 0 aliphatic rings. The van der Waals surface area contributed by atoms with Gasteiger partial charge in [0.25, 0.3) is 5.91 Å². The minimum atomic E-state index is -0.707. The smallest absolute Gasteiger partial charge is 0.265 e. The highest BCUT2D eigenvalue weighted by Gasteiger charge is 2.08. The maximum atomic E-state index is 13.6. The first kappa shape index (κ1) is 15.1. The fraction of sp³-hybridized carbons (Fsp3) is 0. The molecule has 0 aliphatic carbocycles. The highest BCUT2D eigenvalue weighted by molar-refractivity contribution is 7.12. The number of hydrogen-bond acceptors (Lipinski definition) is 4. The van der Waals surface area contributed by atoms with Crippen LogP contribution in [0.1, 0.15) is 9.67 Å². The minimum Gasteiger partial charge on any atom is -0.338 e. The molecule has 3 aromatic rings. The lowest BCUT2D eigenvalue weighted by atomic mass is 10.3. The number of thiophene rings is 1. The largest absolute Gasteiger partial charge is 0.338 e. The van der Waals surface area contributed by atoms with Crippen molar-refractivity contribution in [1.29, 1.82) is 0 Å². The van der Waals surface area contributed by atoms with Crippen molar-refractivity contribution in [3.05, 3.63) is 70.6 Å². The van der Waals surface area contributed by atoms with Crippen molar-refractivity contribution >= 4 is 34.4 Å². The van der Waals surface area contributed by atoms with Gasteiger partial charge in [0.05, 0.1) is 22.4 Å². The number of hydrogen-bond donors (Lipinski definition) is 2. The third-order valence-electron chi connectivity index (χ3n) is 2.96. The summed E-state index contributed by atoms with van der Waals surface area (Å²) in [5.74, 6) is -1.19. The Bertz CT molecular complexity index is 820. The maximum absolute atomic E-state index is 13.6. The summed E-state index contributed by atoms with van der Waals surface area (Å²) in [5.41, 5.74) is 0.641. The zero-order valence-corrected chi connectivity index (χ0v) is 12.5. The van der Waals surface area contributed by atoms with Crippen molar-refractivity contribution in [2.24, 2.45) is 0 Å². The fourth-order valence-corrected chi connectivity index (χ4v) is 2.49. The molecular weight excluding hydrogens is 320 g/mol. The zero-order valence-electron chi connectivity index (χ0n) is 11.7. The lowest BCUT2D eigenvalue weighted by Gasteiger charge is -2.08. The first-order valence-electron chi connectivity index (χ1n) is 6.65. The summed E-state index contributed by atoms with van der Waals surface area (Å²) in [4.78, 5) is 16.6. The van der Waals surface area contributed by atoms with E-state index in [0.717, 1.165) is 12.1 Å². The number of pyridine rings is 1. The molecule has 0 bridgehead atoms. The summed E-state index contributed by atoms with van der Waals surface area (Å²) >= 11 is 1.34. The Labute approximate surface area is 134 Å². The number of nitrogens with one attached hydrogen (secondary N) is 2. The summed E-state index contributed by atoms with van der Waals surface area (Å²) in [5, 5.41) is 7.27. The fourth-order valence-electron chi connectivity index (χ4n) is 1.87. The van der Waals surface area contributed by atoms with Crippen LogP contribution in [0.3, 0.4) is 0 Å². The molecule has 2 heterocycles. The third-order valence-corrected chi connectivity index (χ3v) is 3.83. The Kier molecular flexibility index (Phi) is 4.29. The SMILES string of the molecule is O=C(Nc1ccc(Nc2ccc(F)cc2F)nc1)c1cccs1. The second-order valence-corrected chi connectivity index (χ2v) is 5.56. The Morgan fingerprint density at radius 1 is 1.13 bits per heavy atom. The van der Waals surface area contributed by atoms with E-state index >= 15 is 0 Å². The van der Waals surface area contributed by atoms with Gasteiger partial charge in [0.15, 0.2) is 0 Å². The maximum Gasteiger partial charge on any atom is 0.265 e. The topological polar surface area (TPSA) is 54.0 Å². The predicted molar refractivity (Wildman–Crippen MR) is 86.1 cm³/mol. The van der Waals surface area contributed by atoms with Crippen LogP contribution >= 0.6 is 11.3 Å². The molecule has 23 heavy (non-hydrogen) atoms. The van der Waals surface area contributed by atoms with E-state index in [2.05, 4.69) is 15.6 Å². The number of carbonyl (C=O) groups excluding carboxylic acids is 1. The molecule has 0 saturated heterocycles. The van der Waals surface area contributed by atoms with E-state index in [-0.39, 0.29) is 11.6 Å². The second kappa shape index (κ2) is 6.53. The van der Waals surface area contributed by atoms with E-state index in [1.54, 1.807) is 24.3 Å². The molecule has 0 fully saturated rings. The van der Waals surface area contributed by atoms with Gasteiger partial charge in [-0.1, -0.05) is 6.07 Å². The van der Waals surface area contributed by atoms with Crippen LogP contribution in [0, 0.1) is 11.6 Å². The first-order chi connectivity index (χ1) is 11.1. The van der Waals surface area contributed by atoms with Gasteiger partial charge in [-0.3, -0.25) is 4.79 Å². The van der Waals surface area contributed by atoms with E-state index in [9.17, 15) is 13.6 Å². The Hall–Kier alpha value is -2.80. The lowest BCUT2D eigenvalue weighted by Crippen LogP contribution is -2.10. The van der Waals surface area contributed by atoms with Crippen LogP contribution in [0.15, 0.2) is 54.0 Å². The number of halogens is 2. The van der Waals surface area contributed by atoms with Gasteiger partial charge in [-0.05, 0) is 35.7 Å². The number of carbonyl (C=O) groups is 1. The van der Waals surface area contributed by atoms with Crippen molar-refractivity contribution in [2.45, 2.75) is 0 Å². The molecule has 0 unspecified atom stereocenters. The summed E-state index contributed by atoms with van der Waals surface area (Å²) in [6.45, 7) is 0. The van der Waals surface area contributed by atoms with Gasteiger partial charge in [-0.15, -0.1) is 11.3 Å². The summed E-state index contributed by atoms with van der Waals surface area (Å²) in [6, 6.07) is 9.98. The van der Waals surface area contributed by atoms with Gasteiger partial charge in [0.2, 0.25) is 0 Å². The molecule has 116 valence electrons. The molecule has 0 atom stereocenters. The van der Waals surface area contributed by atoms with Crippen molar-refractivity contribution < 1.29 is 13.6 Å². The predicted octanol–water partition coefficient (Wildman–Crippen LogP) is 4.42. The standard InChI is InChI=1S/C16H11F2N3OS/c17-10-3-5-13(12(18)8-10)21-15-6-4-11(9-19-15)20-16(22)14-2-1-7-23-14/h1-9H,(H,19,21)(H,20,22). The Morgan fingerprint density at radius 3 is 2.65 bits per heavy atom. The number of benzene rings is 1. The molecule has 1 aromatic carbocycles. The number of rotatable bonds is 4. The minimum absolute atomic E-state index is 0.120. The third kappa shape index (κ3) is 3.70. The van der Waals surface area contributed by atoms with Crippen LogP contribution < -0.4 is 10.6 Å². The van der Waals surface area contributed by atoms with Gasteiger partial charge in [0.1, 0.15) is 17.5 Å². The highest BCUT2D eigenvalue weighted by Crippen LogP contribution is 2.20. The molecule has 0 spiro atoms. The molecule has 0 radical (unpaired) electrons. The number of nitrogens with zero attached hydrogens (tertiary/aromatic N) is 1. The van der Waals surface area contributed by atoms with E-state index < -0.39 is 11.6 Å². The summed E-state index contributed by atoms with van der Waals surface area (Å²) in [6.07, 6.45) is 1.45. The molecule has 0 saturated carbocycles. The van der Waals surface area contributed by atoms with Gasteiger partial charge in [-0.25, -0.2) is 13.8 Å². The first-order valence-corrected chi connectivity index (χ1v) is 7.53. The molecule has 4 nitrogen and oxygen atoms in total. The molecule has 1 amide bonds. The molecule has 0 aliphatic heterocycles. The number of amides is 1. The van der Waals surface area contributed by atoms with E-state index in [1.165, 1.54) is 23.6 Å². The van der Waals surface area contributed by atoms with Gasteiger partial charge < -0.3 is 10.6 Å². The van der Waals surface area contributed by atoms with Crippen LogP contribution in [-0.2, 0) is 0 Å². The molecule has 2 aromatic heterocycles. The molecular formula is C16H11F2N3OS. The van der Waals surface area contributed by atoms with Crippen molar-refractivity contribution in [1.82, 2.24) is 4.98 Å². The Morgan fingerprint density at radius 2 is 2.00 bits per heavy atom. The lowest BCUT2D eigenvalue weighted by molar-refractivity contribution is 0.103. The van der Waals surface area contributed by atoms with Gasteiger partial charge in [0, 0.05) is 6.07 Å². The Balaban J connectivity index is 1.68. The summed E-state index contributed by atoms with van der Waals surface area (Å²) in [7, 11) is 0. The van der Waals surface area contributed by atoms with Crippen molar-refractivity contribution in [2.75, 3.05) is 10.6 Å². The molecule has 2 N–H and O–H groups in total.